The Balaban J connectivity index is 2.79. The SMILES string of the molecule is C=CCO[C@@H]1OC(CO)[C@H](O)C(O)[C@H]1NC(C)=O. The Hall–Kier alpha value is -0.990. The lowest BCUT2D eigenvalue weighted by Crippen LogP contribution is -2.64. The van der Waals surface area contributed by atoms with Crippen LogP contribution in [0.25, 0.3) is 0 Å². The van der Waals surface area contributed by atoms with Crippen molar-refractivity contribution in [1.82, 2.24) is 5.32 Å². The quantitative estimate of drug-likeness (QED) is 0.432. The largest absolute Gasteiger partial charge is 0.394 e. The van der Waals surface area contributed by atoms with Crippen molar-refractivity contribution in [1.29, 1.82) is 0 Å². The van der Waals surface area contributed by atoms with E-state index in [-0.39, 0.29) is 12.5 Å². The maximum Gasteiger partial charge on any atom is 0.217 e. The maximum absolute atomic E-state index is 11.1. The van der Waals surface area contributed by atoms with Gasteiger partial charge in [0, 0.05) is 6.92 Å². The molecule has 0 bridgehead atoms. The van der Waals surface area contributed by atoms with Gasteiger partial charge in [-0.2, -0.15) is 0 Å². The van der Waals surface area contributed by atoms with Gasteiger partial charge in [0.15, 0.2) is 6.29 Å². The van der Waals surface area contributed by atoms with Crippen LogP contribution in [0.3, 0.4) is 0 Å². The molecule has 7 heteroatoms. The summed E-state index contributed by atoms with van der Waals surface area (Å²) in [6.45, 7) is 4.45. The number of hydrogen-bond donors (Lipinski definition) is 4. The van der Waals surface area contributed by atoms with Gasteiger partial charge in [-0.15, -0.1) is 6.58 Å². The molecular formula is C11H19NO6. The van der Waals surface area contributed by atoms with Crippen LogP contribution in [0.4, 0.5) is 0 Å². The molecule has 5 atom stereocenters. The van der Waals surface area contributed by atoms with Crippen LogP contribution in [0.5, 0.6) is 0 Å². The van der Waals surface area contributed by atoms with Crippen LogP contribution in [0, 0.1) is 0 Å². The number of nitrogens with one attached hydrogen (secondary N) is 1. The van der Waals surface area contributed by atoms with Crippen LogP contribution in [-0.4, -0.2) is 65.1 Å². The lowest BCUT2D eigenvalue weighted by atomic mass is 9.97. The van der Waals surface area contributed by atoms with Crippen LogP contribution in [-0.2, 0) is 14.3 Å². The molecule has 0 saturated carbocycles. The highest BCUT2D eigenvalue weighted by molar-refractivity contribution is 5.73. The number of hydrogen-bond acceptors (Lipinski definition) is 6. The third kappa shape index (κ3) is 3.50. The van der Waals surface area contributed by atoms with Gasteiger partial charge in [0.25, 0.3) is 0 Å². The Morgan fingerprint density at radius 3 is 2.67 bits per heavy atom. The smallest absolute Gasteiger partial charge is 0.217 e. The van der Waals surface area contributed by atoms with Gasteiger partial charge in [0.2, 0.25) is 5.91 Å². The number of rotatable bonds is 5. The zero-order valence-electron chi connectivity index (χ0n) is 10.2. The molecule has 4 N–H and O–H groups in total. The first kappa shape index (κ1) is 15.1. The van der Waals surface area contributed by atoms with Gasteiger partial charge < -0.3 is 30.1 Å². The molecule has 2 unspecified atom stereocenters. The summed E-state index contributed by atoms with van der Waals surface area (Å²) < 4.78 is 10.5. The van der Waals surface area contributed by atoms with E-state index in [9.17, 15) is 15.0 Å². The minimum absolute atomic E-state index is 0.154. The zero-order chi connectivity index (χ0) is 13.7. The first-order valence-corrected chi connectivity index (χ1v) is 5.63. The van der Waals surface area contributed by atoms with E-state index in [1.54, 1.807) is 0 Å². The molecule has 1 aliphatic heterocycles. The van der Waals surface area contributed by atoms with Gasteiger partial charge >= 0.3 is 0 Å². The second-order valence-corrected chi connectivity index (χ2v) is 4.05. The molecule has 0 spiro atoms. The number of amides is 1. The number of ether oxygens (including phenoxy) is 2. The van der Waals surface area contributed by atoms with Crippen molar-refractivity contribution in [3.8, 4) is 0 Å². The van der Waals surface area contributed by atoms with Gasteiger partial charge in [-0.3, -0.25) is 4.79 Å². The van der Waals surface area contributed by atoms with Crippen LogP contribution < -0.4 is 5.32 Å². The van der Waals surface area contributed by atoms with Gasteiger partial charge in [-0.1, -0.05) is 6.08 Å². The summed E-state index contributed by atoms with van der Waals surface area (Å²) in [7, 11) is 0. The third-order valence-corrected chi connectivity index (χ3v) is 2.63. The lowest BCUT2D eigenvalue weighted by Gasteiger charge is -2.42. The first-order chi connectivity index (χ1) is 8.51. The minimum Gasteiger partial charge on any atom is -0.394 e. The van der Waals surface area contributed by atoms with Gasteiger partial charge in [-0.25, -0.2) is 0 Å². The molecule has 18 heavy (non-hydrogen) atoms. The molecule has 0 aliphatic carbocycles. The fourth-order valence-corrected chi connectivity index (χ4v) is 1.78. The van der Waals surface area contributed by atoms with E-state index in [1.807, 2.05) is 0 Å². The average molecular weight is 261 g/mol. The van der Waals surface area contributed by atoms with E-state index < -0.39 is 37.3 Å². The van der Waals surface area contributed by atoms with E-state index in [1.165, 1.54) is 13.0 Å². The van der Waals surface area contributed by atoms with E-state index in [0.29, 0.717) is 0 Å². The molecule has 1 amide bonds. The van der Waals surface area contributed by atoms with Crippen LogP contribution in [0.15, 0.2) is 12.7 Å². The summed E-state index contributed by atoms with van der Waals surface area (Å²) in [5, 5.41) is 31.1. The molecule has 1 heterocycles. The van der Waals surface area contributed by atoms with Crippen molar-refractivity contribution in [2.75, 3.05) is 13.2 Å². The summed E-state index contributed by atoms with van der Waals surface area (Å²) >= 11 is 0. The Kier molecular flexibility index (Phi) is 5.70. The Labute approximate surface area is 105 Å². The predicted molar refractivity (Wildman–Crippen MR) is 61.5 cm³/mol. The Morgan fingerprint density at radius 1 is 1.50 bits per heavy atom. The molecule has 7 nitrogen and oxygen atoms in total. The van der Waals surface area contributed by atoms with E-state index in [0.717, 1.165) is 0 Å². The van der Waals surface area contributed by atoms with E-state index >= 15 is 0 Å². The van der Waals surface area contributed by atoms with E-state index in [4.69, 9.17) is 14.6 Å². The van der Waals surface area contributed by atoms with Crippen LogP contribution in [0.1, 0.15) is 6.92 Å². The Morgan fingerprint density at radius 2 is 2.17 bits per heavy atom. The van der Waals surface area contributed by atoms with Crippen molar-refractivity contribution >= 4 is 5.91 Å². The van der Waals surface area contributed by atoms with E-state index in [2.05, 4.69) is 11.9 Å². The zero-order valence-corrected chi connectivity index (χ0v) is 10.2. The number of carbonyl (C=O) groups is 1. The number of carbonyl (C=O) groups excluding carboxylic acids is 1. The molecule has 0 aromatic heterocycles. The highest BCUT2D eigenvalue weighted by atomic mass is 16.7. The van der Waals surface area contributed by atoms with Crippen LogP contribution in [0.2, 0.25) is 0 Å². The Bertz CT molecular complexity index is 297. The van der Waals surface area contributed by atoms with Crippen molar-refractivity contribution in [2.45, 2.75) is 37.6 Å². The molecule has 1 saturated heterocycles. The van der Waals surface area contributed by atoms with Crippen molar-refractivity contribution < 1.29 is 29.6 Å². The number of aliphatic hydroxyl groups is 3. The molecule has 1 aliphatic rings. The highest BCUT2D eigenvalue weighted by Crippen LogP contribution is 2.22. The maximum atomic E-state index is 11.1. The fourth-order valence-electron chi connectivity index (χ4n) is 1.78. The monoisotopic (exact) mass is 261 g/mol. The van der Waals surface area contributed by atoms with Crippen molar-refractivity contribution in [2.24, 2.45) is 0 Å². The van der Waals surface area contributed by atoms with Crippen molar-refractivity contribution in [3.63, 3.8) is 0 Å². The standard InChI is InChI=1S/C11H19NO6/c1-3-4-17-11-8(12-6(2)14)10(16)9(15)7(5-13)18-11/h3,7-11,13,15-16H,1,4-5H2,2H3,(H,12,14)/t7?,8-,9+,10?,11-/m1/s1. The molecule has 0 radical (unpaired) electrons. The second kappa shape index (κ2) is 6.81. The molecule has 1 rings (SSSR count). The highest BCUT2D eigenvalue weighted by Gasteiger charge is 2.45. The minimum atomic E-state index is -1.30. The summed E-state index contributed by atoms with van der Waals surface area (Å²) in [5.74, 6) is -0.385. The van der Waals surface area contributed by atoms with Gasteiger partial charge in [-0.05, 0) is 0 Å². The number of aliphatic hydroxyl groups excluding tert-OH is 3. The summed E-state index contributed by atoms with van der Waals surface area (Å²) in [5.41, 5.74) is 0. The molecule has 0 aromatic rings. The lowest BCUT2D eigenvalue weighted by molar-refractivity contribution is -0.267. The second-order valence-electron chi connectivity index (χ2n) is 4.05. The summed E-state index contributed by atoms with van der Waals surface area (Å²) in [6.07, 6.45) is -3.01. The average Bonchev–Trinajstić information content (AvgIpc) is 2.33. The normalized spacial score (nSPS) is 36.1. The summed E-state index contributed by atoms with van der Waals surface area (Å²) in [6, 6.07) is -0.903. The molecule has 104 valence electrons. The predicted octanol–water partition coefficient (Wildman–Crippen LogP) is -1.87. The molecular weight excluding hydrogens is 242 g/mol. The molecule has 0 aromatic carbocycles. The van der Waals surface area contributed by atoms with Crippen LogP contribution >= 0.6 is 0 Å². The van der Waals surface area contributed by atoms with Gasteiger partial charge in [0.1, 0.15) is 24.4 Å². The van der Waals surface area contributed by atoms with Gasteiger partial charge in [0.05, 0.1) is 13.2 Å². The van der Waals surface area contributed by atoms with Crippen molar-refractivity contribution in [3.05, 3.63) is 12.7 Å². The first-order valence-electron chi connectivity index (χ1n) is 5.63. The summed E-state index contributed by atoms with van der Waals surface area (Å²) in [4.78, 5) is 11.1. The fraction of sp³-hybridized carbons (Fsp3) is 0.727. The topological polar surface area (TPSA) is 108 Å². The third-order valence-electron chi connectivity index (χ3n) is 2.63. The molecule has 1 fully saturated rings.